The Hall–Kier alpha value is -2.64. The minimum Gasteiger partial charge on any atom is -0.383 e. The molecule has 0 aliphatic heterocycles. The van der Waals surface area contributed by atoms with Crippen LogP contribution >= 0.6 is 0 Å². The van der Waals surface area contributed by atoms with Gasteiger partial charge in [-0.05, 0) is 17.7 Å². The first-order chi connectivity index (χ1) is 10.3. The van der Waals surface area contributed by atoms with Crippen LogP contribution in [0.15, 0.2) is 48.5 Å². The van der Waals surface area contributed by atoms with Crippen LogP contribution in [0.4, 0.5) is 0 Å². The smallest absolute Gasteiger partial charge is 0.251 e. The van der Waals surface area contributed by atoms with E-state index in [0.717, 1.165) is 11.1 Å². The third kappa shape index (κ3) is 3.47. The quantitative estimate of drug-likeness (QED) is 0.856. The molecule has 106 valence electrons. The molecule has 2 rings (SSSR count). The fraction of sp³-hybridized carbons (Fsp3) is 0.176. The van der Waals surface area contributed by atoms with Crippen molar-refractivity contribution >= 4 is 5.91 Å². The highest BCUT2D eigenvalue weighted by Gasteiger charge is 2.14. The van der Waals surface area contributed by atoms with Crippen molar-refractivity contribution in [2.45, 2.75) is 0 Å². The number of benzene rings is 2. The van der Waals surface area contributed by atoms with Gasteiger partial charge in [0.05, 0.1) is 18.2 Å². The van der Waals surface area contributed by atoms with Gasteiger partial charge >= 0.3 is 0 Å². The molecular weight excluding hydrogens is 264 g/mol. The van der Waals surface area contributed by atoms with Gasteiger partial charge in [0.1, 0.15) is 0 Å². The van der Waals surface area contributed by atoms with Gasteiger partial charge in [0.2, 0.25) is 0 Å². The van der Waals surface area contributed by atoms with E-state index < -0.39 is 0 Å². The Morgan fingerprint density at radius 3 is 2.52 bits per heavy atom. The third-order valence-electron chi connectivity index (χ3n) is 3.10. The summed E-state index contributed by atoms with van der Waals surface area (Å²) in [4.78, 5) is 12.3. The molecule has 0 unspecified atom stereocenters. The summed E-state index contributed by atoms with van der Waals surface area (Å²) in [7, 11) is 1.59. The lowest BCUT2D eigenvalue weighted by atomic mass is 9.95. The number of nitrogens with one attached hydrogen (secondary N) is 1. The van der Waals surface area contributed by atoms with Gasteiger partial charge in [0.25, 0.3) is 5.91 Å². The van der Waals surface area contributed by atoms with E-state index in [4.69, 9.17) is 4.74 Å². The molecule has 4 heteroatoms. The number of carbonyl (C=O) groups excluding carboxylic acids is 1. The van der Waals surface area contributed by atoms with E-state index in [2.05, 4.69) is 11.4 Å². The van der Waals surface area contributed by atoms with Crippen molar-refractivity contribution in [1.29, 1.82) is 5.26 Å². The molecule has 0 saturated carbocycles. The summed E-state index contributed by atoms with van der Waals surface area (Å²) in [6.07, 6.45) is 0. The third-order valence-corrected chi connectivity index (χ3v) is 3.10. The molecule has 0 fully saturated rings. The summed E-state index contributed by atoms with van der Waals surface area (Å²) >= 11 is 0. The lowest BCUT2D eigenvalue weighted by molar-refractivity contribution is 0.0938. The van der Waals surface area contributed by atoms with Crippen LogP contribution in [0, 0.1) is 11.3 Å². The first-order valence-electron chi connectivity index (χ1n) is 6.63. The van der Waals surface area contributed by atoms with Crippen LogP contribution in [-0.2, 0) is 4.74 Å². The number of hydrogen-bond acceptors (Lipinski definition) is 3. The Labute approximate surface area is 124 Å². The molecular formula is C17H16N2O2. The number of nitrogens with zero attached hydrogens (tertiary/aromatic N) is 1. The van der Waals surface area contributed by atoms with Crippen molar-refractivity contribution in [3.05, 3.63) is 59.7 Å². The van der Waals surface area contributed by atoms with Crippen LogP contribution in [0.2, 0.25) is 0 Å². The van der Waals surface area contributed by atoms with Gasteiger partial charge in [0, 0.05) is 24.8 Å². The minimum absolute atomic E-state index is 0.171. The topological polar surface area (TPSA) is 62.1 Å². The Morgan fingerprint density at radius 2 is 1.81 bits per heavy atom. The monoisotopic (exact) mass is 280 g/mol. The number of hydrogen-bond donors (Lipinski definition) is 1. The predicted molar refractivity (Wildman–Crippen MR) is 80.8 cm³/mol. The highest BCUT2D eigenvalue weighted by molar-refractivity contribution is 6.01. The molecule has 1 N–H and O–H groups in total. The number of nitriles is 1. The summed E-state index contributed by atoms with van der Waals surface area (Å²) in [6.45, 7) is 0.909. The molecule has 0 atom stereocenters. The molecule has 0 aromatic heterocycles. The van der Waals surface area contributed by atoms with Crippen molar-refractivity contribution in [2.24, 2.45) is 0 Å². The van der Waals surface area contributed by atoms with Crippen molar-refractivity contribution in [2.75, 3.05) is 20.3 Å². The van der Waals surface area contributed by atoms with Gasteiger partial charge in [-0.3, -0.25) is 4.79 Å². The Bertz CT molecular complexity index is 674. The molecule has 0 spiro atoms. The number of carbonyl (C=O) groups is 1. The summed E-state index contributed by atoms with van der Waals surface area (Å²) in [5.41, 5.74) is 2.62. The average Bonchev–Trinajstić information content (AvgIpc) is 2.55. The molecule has 2 aromatic carbocycles. The van der Waals surface area contributed by atoms with Crippen LogP contribution in [0.3, 0.4) is 0 Å². The average molecular weight is 280 g/mol. The molecule has 2 aromatic rings. The second-order valence-corrected chi connectivity index (χ2v) is 4.45. The van der Waals surface area contributed by atoms with Crippen molar-refractivity contribution in [3.63, 3.8) is 0 Å². The molecule has 0 heterocycles. The predicted octanol–water partition coefficient (Wildman–Crippen LogP) is 2.60. The van der Waals surface area contributed by atoms with Gasteiger partial charge in [-0.2, -0.15) is 5.26 Å². The fourth-order valence-electron chi connectivity index (χ4n) is 2.09. The summed E-state index contributed by atoms with van der Waals surface area (Å²) in [6, 6.07) is 16.7. The second kappa shape index (κ2) is 7.22. The van der Waals surface area contributed by atoms with E-state index in [1.165, 1.54) is 0 Å². The van der Waals surface area contributed by atoms with E-state index >= 15 is 0 Å². The van der Waals surface area contributed by atoms with Crippen molar-refractivity contribution in [3.8, 4) is 17.2 Å². The highest BCUT2D eigenvalue weighted by Crippen LogP contribution is 2.26. The SMILES string of the molecule is COCCNC(=O)c1ccccc1-c1ccccc1C#N. The zero-order chi connectivity index (χ0) is 15.1. The van der Waals surface area contributed by atoms with E-state index in [9.17, 15) is 10.1 Å². The lowest BCUT2D eigenvalue weighted by Gasteiger charge is -2.11. The maximum atomic E-state index is 12.3. The number of ether oxygens (including phenoxy) is 1. The van der Waals surface area contributed by atoms with E-state index in [1.807, 2.05) is 36.4 Å². The number of amides is 1. The first kappa shape index (κ1) is 14.8. The maximum absolute atomic E-state index is 12.3. The van der Waals surface area contributed by atoms with Gasteiger partial charge in [-0.25, -0.2) is 0 Å². The van der Waals surface area contributed by atoms with E-state index in [0.29, 0.717) is 24.3 Å². The fourth-order valence-corrected chi connectivity index (χ4v) is 2.09. The summed E-state index contributed by atoms with van der Waals surface area (Å²) in [5, 5.41) is 12.0. The van der Waals surface area contributed by atoms with Crippen LogP contribution in [0.5, 0.6) is 0 Å². The molecule has 4 nitrogen and oxygen atoms in total. The number of methoxy groups -OCH3 is 1. The molecule has 0 aliphatic rings. The van der Waals surface area contributed by atoms with E-state index in [-0.39, 0.29) is 5.91 Å². The van der Waals surface area contributed by atoms with Crippen LogP contribution in [0.25, 0.3) is 11.1 Å². The standard InChI is InChI=1S/C17H16N2O2/c1-21-11-10-19-17(20)16-9-5-4-8-15(16)14-7-3-2-6-13(14)12-18/h2-9H,10-11H2,1H3,(H,19,20). The maximum Gasteiger partial charge on any atom is 0.251 e. The van der Waals surface area contributed by atoms with Crippen LogP contribution in [-0.4, -0.2) is 26.2 Å². The number of rotatable bonds is 5. The Kier molecular flexibility index (Phi) is 5.08. The molecule has 0 saturated heterocycles. The second-order valence-electron chi connectivity index (χ2n) is 4.45. The molecule has 21 heavy (non-hydrogen) atoms. The van der Waals surface area contributed by atoms with Gasteiger partial charge in [0.15, 0.2) is 0 Å². The highest BCUT2D eigenvalue weighted by atomic mass is 16.5. The zero-order valence-electron chi connectivity index (χ0n) is 11.8. The molecule has 1 amide bonds. The Morgan fingerprint density at radius 1 is 1.14 bits per heavy atom. The Balaban J connectivity index is 2.37. The normalized spacial score (nSPS) is 9.90. The zero-order valence-corrected chi connectivity index (χ0v) is 11.8. The van der Waals surface area contributed by atoms with Crippen LogP contribution < -0.4 is 5.32 Å². The van der Waals surface area contributed by atoms with Gasteiger partial charge < -0.3 is 10.1 Å². The molecule has 0 aliphatic carbocycles. The lowest BCUT2D eigenvalue weighted by Crippen LogP contribution is -2.27. The minimum atomic E-state index is -0.171. The van der Waals surface area contributed by atoms with E-state index in [1.54, 1.807) is 19.2 Å². The van der Waals surface area contributed by atoms with Crippen molar-refractivity contribution < 1.29 is 9.53 Å². The summed E-state index contributed by atoms with van der Waals surface area (Å²) < 4.78 is 4.92. The van der Waals surface area contributed by atoms with Gasteiger partial charge in [-0.1, -0.05) is 36.4 Å². The van der Waals surface area contributed by atoms with Crippen molar-refractivity contribution in [1.82, 2.24) is 5.32 Å². The summed E-state index contributed by atoms with van der Waals surface area (Å²) in [5.74, 6) is -0.171. The largest absolute Gasteiger partial charge is 0.383 e. The molecule has 0 bridgehead atoms. The first-order valence-corrected chi connectivity index (χ1v) is 6.63. The molecule has 0 radical (unpaired) electrons. The van der Waals surface area contributed by atoms with Crippen LogP contribution in [0.1, 0.15) is 15.9 Å². The van der Waals surface area contributed by atoms with Gasteiger partial charge in [-0.15, -0.1) is 0 Å².